The van der Waals surface area contributed by atoms with Gasteiger partial charge in [-0.05, 0) is 25.1 Å². The second-order valence-corrected chi connectivity index (χ2v) is 6.42. The average molecular weight is 315 g/mol. The fourth-order valence-electron chi connectivity index (χ4n) is 1.64. The average Bonchev–Trinajstić information content (AvgIpc) is 2.45. The summed E-state index contributed by atoms with van der Waals surface area (Å²) in [5.74, 6) is 3.98. The van der Waals surface area contributed by atoms with E-state index in [1.165, 1.54) is 26.3 Å². The van der Waals surface area contributed by atoms with Crippen LogP contribution >= 0.6 is 0 Å². The van der Waals surface area contributed by atoms with E-state index < -0.39 is 22.4 Å². The molecule has 0 aliphatic carbocycles. The van der Waals surface area contributed by atoms with Gasteiger partial charge in [-0.1, -0.05) is 11.8 Å². The Morgan fingerprint density at radius 2 is 2.14 bits per heavy atom. The van der Waals surface area contributed by atoms with E-state index in [2.05, 4.69) is 11.8 Å². The number of aliphatic hydroxyl groups excluding tert-OH is 1. The lowest BCUT2D eigenvalue weighted by atomic mass is 10.2. The molecule has 7 heteroatoms. The molecule has 1 unspecified atom stereocenters. The Morgan fingerprint density at radius 3 is 2.67 bits per heavy atom. The van der Waals surface area contributed by atoms with Crippen LogP contribution in [-0.2, 0) is 14.8 Å². The maximum atomic E-state index is 13.8. The van der Waals surface area contributed by atoms with E-state index in [0.29, 0.717) is 0 Å². The second-order valence-electron chi connectivity index (χ2n) is 4.43. The molecule has 0 fully saturated rings. The molecule has 0 aromatic heterocycles. The minimum Gasteiger partial charge on any atom is -0.384 e. The molecule has 116 valence electrons. The van der Waals surface area contributed by atoms with Gasteiger partial charge in [0, 0.05) is 20.2 Å². The second kappa shape index (κ2) is 7.52. The molecule has 0 heterocycles. The standard InChI is InChI=1S/C14H18FNO4S/c1-11(10-20-3)16(2)21(18,19)13-7-6-12(5-4-8-17)14(15)9-13/h6-7,9,11,17H,8,10H2,1-3H3. The summed E-state index contributed by atoms with van der Waals surface area (Å²) in [5.41, 5.74) is 0.0376. The maximum Gasteiger partial charge on any atom is 0.243 e. The first-order valence-electron chi connectivity index (χ1n) is 6.20. The largest absolute Gasteiger partial charge is 0.384 e. The summed E-state index contributed by atoms with van der Waals surface area (Å²) in [6.45, 7) is 1.54. The molecule has 1 rings (SSSR count). The van der Waals surface area contributed by atoms with Crippen LogP contribution in [0.1, 0.15) is 12.5 Å². The highest BCUT2D eigenvalue weighted by atomic mass is 32.2. The van der Waals surface area contributed by atoms with E-state index in [4.69, 9.17) is 9.84 Å². The smallest absolute Gasteiger partial charge is 0.243 e. The van der Waals surface area contributed by atoms with Crippen molar-refractivity contribution in [2.75, 3.05) is 27.4 Å². The van der Waals surface area contributed by atoms with Crippen LogP contribution in [-0.4, -0.2) is 51.2 Å². The van der Waals surface area contributed by atoms with Gasteiger partial charge in [0.2, 0.25) is 10.0 Å². The summed E-state index contributed by atoms with van der Waals surface area (Å²) in [6.07, 6.45) is 0. The number of likely N-dealkylation sites (N-methyl/N-ethyl adjacent to an activating group) is 1. The van der Waals surface area contributed by atoms with Gasteiger partial charge < -0.3 is 9.84 Å². The Morgan fingerprint density at radius 1 is 1.48 bits per heavy atom. The number of aliphatic hydroxyl groups is 1. The Balaban J connectivity index is 3.12. The topological polar surface area (TPSA) is 66.8 Å². The van der Waals surface area contributed by atoms with Crippen LogP contribution in [0.3, 0.4) is 0 Å². The van der Waals surface area contributed by atoms with Gasteiger partial charge in [0.1, 0.15) is 12.4 Å². The molecule has 1 aromatic rings. The van der Waals surface area contributed by atoms with Crippen molar-refractivity contribution in [2.45, 2.75) is 17.9 Å². The van der Waals surface area contributed by atoms with Crippen LogP contribution in [0.15, 0.2) is 23.1 Å². The zero-order valence-electron chi connectivity index (χ0n) is 12.1. The van der Waals surface area contributed by atoms with Gasteiger partial charge in [0.25, 0.3) is 0 Å². The van der Waals surface area contributed by atoms with E-state index in [-0.39, 0.29) is 23.1 Å². The van der Waals surface area contributed by atoms with Crippen molar-refractivity contribution < 1.29 is 22.7 Å². The summed E-state index contributed by atoms with van der Waals surface area (Å²) in [5, 5.41) is 8.58. The lowest BCUT2D eigenvalue weighted by molar-refractivity contribution is 0.149. The number of sulfonamides is 1. The van der Waals surface area contributed by atoms with E-state index in [1.807, 2.05) is 0 Å². The number of rotatable bonds is 5. The molecule has 0 spiro atoms. The Kier molecular flexibility index (Phi) is 6.30. The Bertz CT molecular complexity index is 649. The minimum absolute atomic E-state index is 0.0376. The van der Waals surface area contributed by atoms with Crippen LogP contribution in [0.25, 0.3) is 0 Å². The number of hydrogen-bond donors (Lipinski definition) is 1. The monoisotopic (exact) mass is 315 g/mol. The fourth-order valence-corrected chi connectivity index (χ4v) is 3.00. The van der Waals surface area contributed by atoms with Crippen molar-refractivity contribution in [3.8, 4) is 11.8 Å². The van der Waals surface area contributed by atoms with E-state index in [9.17, 15) is 12.8 Å². The molecule has 1 aromatic carbocycles. The lowest BCUT2D eigenvalue weighted by Crippen LogP contribution is -2.37. The van der Waals surface area contributed by atoms with Crippen molar-refractivity contribution in [1.82, 2.24) is 4.31 Å². The van der Waals surface area contributed by atoms with Gasteiger partial charge >= 0.3 is 0 Å². The summed E-state index contributed by atoms with van der Waals surface area (Å²) < 4.78 is 44.6. The third-order valence-corrected chi connectivity index (χ3v) is 4.92. The highest BCUT2D eigenvalue weighted by Crippen LogP contribution is 2.19. The molecule has 1 atom stereocenters. The molecule has 0 aliphatic rings. The van der Waals surface area contributed by atoms with E-state index in [0.717, 1.165) is 10.4 Å². The van der Waals surface area contributed by atoms with Crippen LogP contribution in [0, 0.1) is 17.7 Å². The van der Waals surface area contributed by atoms with Crippen LogP contribution < -0.4 is 0 Å². The van der Waals surface area contributed by atoms with E-state index >= 15 is 0 Å². The molecular formula is C14H18FNO4S. The van der Waals surface area contributed by atoms with Crippen molar-refractivity contribution in [3.63, 3.8) is 0 Å². The van der Waals surface area contributed by atoms with Crippen molar-refractivity contribution in [3.05, 3.63) is 29.6 Å². The number of ether oxygens (including phenoxy) is 1. The lowest BCUT2D eigenvalue weighted by Gasteiger charge is -2.23. The predicted octanol–water partition coefficient (Wildman–Crippen LogP) is 0.825. The minimum atomic E-state index is -3.80. The first-order valence-corrected chi connectivity index (χ1v) is 7.64. The molecule has 0 saturated heterocycles. The molecule has 0 amide bonds. The molecule has 0 radical (unpaired) electrons. The van der Waals surface area contributed by atoms with Gasteiger partial charge in [-0.25, -0.2) is 12.8 Å². The molecule has 0 bridgehead atoms. The summed E-state index contributed by atoms with van der Waals surface area (Å²) in [4.78, 5) is -0.153. The number of hydrogen-bond acceptors (Lipinski definition) is 4. The van der Waals surface area contributed by atoms with Gasteiger partial charge in [-0.3, -0.25) is 0 Å². The van der Waals surface area contributed by atoms with Crippen LogP contribution in [0.4, 0.5) is 4.39 Å². The van der Waals surface area contributed by atoms with Crippen molar-refractivity contribution in [1.29, 1.82) is 0 Å². The maximum absolute atomic E-state index is 13.8. The number of nitrogens with zero attached hydrogens (tertiary/aromatic N) is 1. The highest BCUT2D eigenvalue weighted by molar-refractivity contribution is 7.89. The number of methoxy groups -OCH3 is 1. The third kappa shape index (κ3) is 4.25. The molecule has 1 N–H and O–H groups in total. The third-order valence-electron chi connectivity index (χ3n) is 2.95. The van der Waals surface area contributed by atoms with Gasteiger partial charge in [0.15, 0.2) is 0 Å². The summed E-state index contributed by atoms with van der Waals surface area (Å²) >= 11 is 0. The first-order chi connectivity index (χ1) is 9.84. The number of halogens is 1. The van der Waals surface area contributed by atoms with E-state index in [1.54, 1.807) is 6.92 Å². The van der Waals surface area contributed by atoms with Gasteiger partial charge in [-0.15, -0.1) is 0 Å². The quantitative estimate of drug-likeness (QED) is 0.817. The molecule has 21 heavy (non-hydrogen) atoms. The zero-order valence-corrected chi connectivity index (χ0v) is 12.9. The van der Waals surface area contributed by atoms with Gasteiger partial charge in [-0.2, -0.15) is 4.31 Å². The molecule has 0 saturated carbocycles. The van der Waals surface area contributed by atoms with Crippen molar-refractivity contribution in [2.24, 2.45) is 0 Å². The molecule has 0 aliphatic heterocycles. The normalized spacial score (nSPS) is 12.9. The Hall–Kier alpha value is -1.46. The number of benzene rings is 1. The molecule has 5 nitrogen and oxygen atoms in total. The summed E-state index contributed by atoms with van der Waals surface area (Å²) in [7, 11) is -0.914. The Labute approximate surface area is 124 Å². The molecular weight excluding hydrogens is 297 g/mol. The van der Waals surface area contributed by atoms with Crippen molar-refractivity contribution >= 4 is 10.0 Å². The van der Waals surface area contributed by atoms with Gasteiger partial charge in [0.05, 0.1) is 17.1 Å². The SMILES string of the molecule is COCC(C)N(C)S(=O)(=O)c1ccc(C#CCO)c(F)c1. The van der Waals surface area contributed by atoms with Crippen LogP contribution in [0.5, 0.6) is 0 Å². The predicted molar refractivity (Wildman–Crippen MR) is 76.7 cm³/mol. The zero-order chi connectivity index (χ0) is 16.0. The fraction of sp³-hybridized carbons (Fsp3) is 0.429. The highest BCUT2D eigenvalue weighted by Gasteiger charge is 2.26. The summed E-state index contributed by atoms with van der Waals surface area (Å²) in [6, 6.07) is 3.11. The first kappa shape index (κ1) is 17.6. The van der Waals surface area contributed by atoms with Crippen LogP contribution in [0.2, 0.25) is 0 Å².